The second kappa shape index (κ2) is 12.7. The molecule has 0 aliphatic carbocycles. The first-order valence-electron chi connectivity index (χ1n) is 9.55. The molecule has 6 heteroatoms. The highest BCUT2D eigenvalue weighted by molar-refractivity contribution is 5.80. The molecule has 1 fully saturated rings. The molecule has 1 aliphatic rings. The third-order valence-corrected chi connectivity index (χ3v) is 4.31. The summed E-state index contributed by atoms with van der Waals surface area (Å²) in [6.45, 7) is 8.99. The second-order valence-electron chi connectivity index (χ2n) is 6.44. The number of rotatable bonds is 11. The molecule has 146 valence electrons. The van der Waals surface area contributed by atoms with E-state index in [-0.39, 0.29) is 0 Å². The van der Waals surface area contributed by atoms with Crippen molar-refractivity contribution in [2.24, 2.45) is 10.9 Å². The van der Waals surface area contributed by atoms with Gasteiger partial charge in [-0.15, -0.1) is 0 Å². The minimum Gasteiger partial charge on any atom is -0.382 e. The Morgan fingerprint density at radius 1 is 1.19 bits per heavy atom. The maximum atomic E-state index is 5.91. The van der Waals surface area contributed by atoms with E-state index in [0.29, 0.717) is 38.9 Å². The molecule has 0 radical (unpaired) electrons. The van der Waals surface area contributed by atoms with E-state index in [1.807, 2.05) is 18.2 Å². The molecular formula is C20H33N3O3. The highest BCUT2D eigenvalue weighted by Gasteiger charge is 2.24. The zero-order chi connectivity index (χ0) is 18.5. The summed E-state index contributed by atoms with van der Waals surface area (Å²) in [6.07, 6.45) is 1.14. The normalized spacial score (nSPS) is 17.7. The van der Waals surface area contributed by atoms with Gasteiger partial charge >= 0.3 is 0 Å². The fraction of sp³-hybridized carbons (Fsp3) is 0.650. The van der Waals surface area contributed by atoms with E-state index in [1.165, 1.54) is 5.56 Å². The van der Waals surface area contributed by atoms with E-state index < -0.39 is 0 Å². The van der Waals surface area contributed by atoms with E-state index in [0.717, 1.165) is 38.6 Å². The van der Waals surface area contributed by atoms with Crippen molar-refractivity contribution in [1.82, 2.24) is 10.2 Å². The number of aliphatic imine (C=N–C) groups is 1. The van der Waals surface area contributed by atoms with Gasteiger partial charge in [-0.2, -0.15) is 0 Å². The van der Waals surface area contributed by atoms with Crippen molar-refractivity contribution in [2.45, 2.75) is 20.0 Å². The van der Waals surface area contributed by atoms with Crippen LogP contribution < -0.4 is 5.32 Å². The molecule has 0 bridgehead atoms. The molecule has 0 spiro atoms. The fourth-order valence-corrected chi connectivity index (χ4v) is 2.96. The molecule has 26 heavy (non-hydrogen) atoms. The monoisotopic (exact) mass is 363 g/mol. The summed E-state index contributed by atoms with van der Waals surface area (Å²) >= 11 is 0. The smallest absolute Gasteiger partial charge is 0.194 e. The standard InChI is InChI=1S/C20H33N3O3/c1-3-21-20(22-10-12-25-14-13-24-2)23-11-9-19(15-23)17-26-16-18-7-5-4-6-8-18/h4-8,19H,3,9-17H2,1-2H3,(H,21,22). The van der Waals surface area contributed by atoms with E-state index in [4.69, 9.17) is 14.2 Å². The minimum absolute atomic E-state index is 0.556. The van der Waals surface area contributed by atoms with Crippen LogP contribution >= 0.6 is 0 Å². The number of hydrogen-bond donors (Lipinski definition) is 1. The summed E-state index contributed by atoms with van der Waals surface area (Å²) in [4.78, 5) is 7.01. The molecule has 1 unspecified atom stereocenters. The number of hydrogen-bond acceptors (Lipinski definition) is 4. The second-order valence-corrected chi connectivity index (χ2v) is 6.44. The third kappa shape index (κ3) is 7.72. The molecule has 1 N–H and O–H groups in total. The van der Waals surface area contributed by atoms with Gasteiger partial charge in [-0.25, -0.2) is 0 Å². The van der Waals surface area contributed by atoms with Gasteiger partial charge in [0, 0.05) is 32.7 Å². The van der Waals surface area contributed by atoms with Gasteiger partial charge < -0.3 is 24.4 Å². The predicted molar refractivity (Wildman–Crippen MR) is 104 cm³/mol. The van der Waals surface area contributed by atoms with Crippen LogP contribution in [0.15, 0.2) is 35.3 Å². The van der Waals surface area contributed by atoms with Gasteiger partial charge in [0.2, 0.25) is 0 Å². The summed E-state index contributed by atoms with van der Waals surface area (Å²) in [6, 6.07) is 10.3. The molecule has 1 heterocycles. The Labute approximate surface area is 157 Å². The Hall–Kier alpha value is -1.63. The quantitative estimate of drug-likeness (QED) is 0.371. The number of nitrogens with zero attached hydrogens (tertiary/aromatic N) is 2. The van der Waals surface area contributed by atoms with Crippen LogP contribution in [0.3, 0.4) is 0 Å². The van der Waals surface area contributed by atoms with Crippen LogP contribution in [-0.2, 0) is 20.8 Å². The van der Waals surface area contributed by atoms with Crippen LogP contribution in [0.5, 0.6) is 0 Å². The average Bonchev–Trinajstić information content (AvgIpc) is 3.13. The van der Waals surface area contributed by atoms with Crippen LogP contribution in [0.4, 0.5) is 0 Å². The lowest BCUT2D eigenvalue weighted by Crippen LogP contribution is -2.40. The van der Waals surface area contributed by atoms with E-state index in [9.17, 15) is 0 Å². The maximum absolute atomic E-state index is 5.91. The fourth-order valence-electron chi connectivity index (χ4n) is 2.96. The van der Waals surface area contributed by atoms with Crippen molar-refractivity contribution in [3.05, 3.63) is 35.9 Å². The van der Waals surface area contributed by atoms with Crippen LogP contribution in [0.25, 0.3) is 0 Å². The van der Waals surface area contributed by atoms with Crippen molar-refractivity contribution in [2.75, 3.05) is 59.7 Å². The highest BCUT2D eigenvalue weighted by atomic mass is 16.5. The Morgan fingerprint density at radius 3 is 2.81 bits per heavy atom. The summed E-state index contributed by atoms with van der Waals surface area (Å²) in [5.41, 5.74) is 1.23. The molecule has 0 saturated carbocycles. The van der Waals surface area contributed by atoms with Gasteiger partial charge in [-0.05, 0) is 18.9 Å². The molecule has 0 amide bonds. The van der Waals surface area contributed by atoms with Crippen molar-refractivity contribution in [3.8, 4) is 0 Å². The van der Waals surface area contributed by atoms with Gasteiger partial charge in [-0.3, -0.25) is 4.99 Å². The average molecular weight is 364 g/mol. The van der Waals surface area contributed by atoms with Crippen molar-refractivity contribution >= 4 is 5.96 Å². The van der Waals surface area contributed by atoms with Gasteiger partial charge in [0.1, 0.15) is 0 Å². The van der Waals surface area contributed by atoms with Crippen LogP contribution in [0.2, 0.25) is 0 Å². The molecule has 1 saturated heterocycles. The van der Waals surface area contributed by atoms with Crippen molar-refractivity contribution in [1.29, 1.82) is 0 Å². The Balaban J connectivity index is 1.69. The van der Waals surface area contributed by atoms with E-state index in [1.54, 1.807) is 7.11 Å². The predicted octanol–water partition coefficient (Wildman–Crippen LogP) is 2.15. The molecule has 1 aromatic carbocycles. The third-order valence-electron chi connectivity index (χ3n) is 4.31. The van der Waals surface area contributed by atoms with Crippen molar-refractivity contribution in [3.63, 3.8) is 0 Å². The van der Waals surface area contributed by atoms with E-state index >= 15 is 0 Å². The number of guanidine groups is 1. The molecule has 1 aliphatic heterocycles. The highest BCUT2D eigenvalue weighted by Crippen LogP contribution is 2.17. The SMILES string of the molecule is CCNC(=NCCOCCOC)N1CCC(COCc2ccccc2)C1. The zero-order valence-corrected chi connectivity index (χ0v) is 16.2. The van der Waals surface area contributed by atoms with Crippen LogP contribution in [0, 0.1) is 5.92 Å². The number of benzene rings is 1. The van der Waals surface area contributed by atoms with Gasteiger partial charge in [0.05, 0.1) is 39.6 Å². The lowest BCUT2D eigenvalue weighted by atomic mass is 10.1. The Morgan fingerprint density at radius 2 is 2.04 bits per heavy atom. The molecule has 6 nitrogen and oxygen atoms in total. The molecule has 0 aromatic heterocycles. The number of ether oxygens (including phenoxy) is 3. The van der Waals surface area contributed by atoms with Gasteiger partial charge in [0.25, 0.3) is 0 Å². The van der Waals surface area contributed by atoms with E-state index in [2.05, 4.69) is 34.3 Å². The van der Waals surface area contributed by atoms with Crippen LogP contribution in [0.1, 0.15) is 18.9 Å². The number of nitrogens with one attached hydrogen (secondary N) is 1. The van der Waals surface area contributed by atoms with Gasteiger partial charge in [-0.1, -0.05) is 30.3 Å². The summed E-state index contributed by atoms with van der Waals surface area (Å²) < 4.78 is 16.4. The largest absolute Gasteiger partial charge is 0.382 e. The Kier molecular flexibility index (Phi) is 10.1. The van der Waals surface area contributed by atoms with Crippen LogP contribution in [-0.4, -0.2) is 70.6 Å². The molecule has 1 aromatic rings. The molecular weight excluding hydrogens is 330 g/mol. The maximum Gasteiger partial charge on any atom is 0.194 e. The summed E-state index contributed by atoms with van der Waals surface area (Å²) in [7, 11) is 1.68. The first kappa shape index (κ1) is 20.7. The summed E-state index contributed by atoms with van der Waals surface area (Å²) in [5.74, 6) is 1.54. The summed E-state index contributed by atoms with van der Waals surface area (Å²) in [5, 5.41) is 3.38. The Bertz CT molecular complexity index is 510. The zero-order valence-electron chi connectivity index (χ0n) is 16.2. The number of methoxy groups -OCH3 is 1. The number of likely N-dealkylation sites (tertiary alicyclic amines) is 1. The first-order valence-corrected chi connectivity index (χ1v) is 9.55. The molecule has 2 rings (SSSR count). The molecule has 1 atom stereocenters. The van der Waals surface area contributed by atoms with Crippen molar-refractivity contribution < 1.29 is 14.2 Å². The first-order chi connectivity index (χ1) is 12.8. The lowest BCUT2D eigenvalue weighted by Gasteiger charge is -2.21. The topological polar surface area (TPSA) is 55.3 Å². The van der Waals surface area contributed by atoms with Gasteiger partial charge in [0.15, 0.2) is 5.96 Å². The minimum atomic E-state index is 0.556. The lowest BCUT2D eigenvalue weighted by molar-refractivity contribution is 0.0747.